The van der Waals surface area contributed by atoms with Crippen molar-refractivity contribution in [1.29, 1.82) is 0 Å². The topological polar surface area (TPSA) is 60.2 Å². The molecule has 0 radical (unpaired) electrons. The van der Waals surface area contributed by atoms with Crippen LogP contribution in [0.25, 0.3) is 0 Å². The summed E-state index contributed by atoms with van der Waals surface area (Å²) in [6.07, 6.45) is 0. The van der Waals surface area contributed by atoms with Crippen molar-refractivity contribution < 1.29 is 9.84 Å². The van der Waals surface area contributed by atoms with E-state index in [0.717, 1.165) is 29.1 Å². The largest absolute Gasteiger partial charge is 0.487 e. The molecule has 1 aromatic carbocycles. The number of aliphatic hydroxyl groups is 1. The second-order valence-electron chi connectivity index (χ2n) is 5.73. The first-order valence-electron chi connectivity index (χ1n) is 7.24. The number of para-hydroxylation sites is 1. The molecule has 0 unspecified atom stereocenters. The predicted octanol–water partition coefficient (Wildman–Crippen LogP) is 2.62. The fourth-order valence-corrected chi connectivity index (χ4v) is 2.31. The Hall–Kier alpha value is -1.88. The van der Waals surface area contributed by atoms with Crippen molar-refractivity contribution in [2.24, 2.45) is 5.92 Å². The summed E-state index contributed by atoms with van der Waals surface area (Å²) in [4.78, 5) is 0. The third kappa shape index (κ3) is 3.61. The third-order valence-corrected chi connectivity index (χ3v) is 3.37. The summed E-state index contributed by atoms with van der Waals surface area (Å²) < 4.78 is 7.79. The molecule has 0 fully saturated rings. The summed E-state index contributed by atoms with van der Waals surface area (Å²) in [6, 6.07) is 6.07. The smallest absolute Gasteiger partial charge is 0.132 e. The number of ether oxygens (including phenoxy) is 1. The molecule has 5 nitrogen and oxygen atoms in total. The predicted molar refractivity (Wildman–Crippen MR) is 81.0 cm³/mol. The van der Waals surface area contributed by atoms with Crippen LogP contribution in [0.4, 0.5) is 0 Å². The molecule has 21 heavy (non-hydrogen) atoms. The van der Waals surface area contributed by atoms with Crippen molar-refractivity contribution in [3.05, 3.63) is 40.7 Å². The average molecular weight is 289 g/mol. The Labute approximate surface area is 125 Å². The first-order valence-corrected chi connectivity index (χ1v) is 7.24. The highest BCUT2D eigenvalue weighted by molar-refractivity contribution is 5.39. The Morgan fingerprint density at radius 3 is 2.48 bits per heavy atom. The molecule has 1 aromatic heterocycles. The SMILES string of the molecule is Cc1cccc(C)c1OCc1c(CO)nnn1CC(C)C. The quantitative estimate of drug-likeness (QED) is 0.888. The Bertz CT molecular complexity index is 585. The van der Waals surface area contributed by atoms with Crippen LogP contribution in [0.1, 0.15) is 36.4 Å². The zero-order valence-corrected chi connectivity index (χ0v) is 13.1. The summed E-state index contributed by atoms with van der Waals surface area (Å²) in [5.41, 5.74) is 3.63. The molecular weight excluding hydrogens is 266 g/mol. The molecule has 0 atom stereocenters. The molecule has 0 bridgehead atoms. The zero-order valence-electron chi connectivity index (χ0n) is 13.1. The van der Waals surface area contributed by atoms with Gasteiger partial charge in [0.05, 0.1) is 6.61 Å². The average Bonchev–Trinajstić information content (AvgIpc) is 2.79. The lowest BCUT2D eigenvalue weighted by atomic mass is 10.1. The molecule has 0 saturated heterocycles. The van der Waals surface area contributed by atoms with E-state index in [-0.39, 0.29) is 6.61 Å². The number of aliphatic hydroxyl groups excluding tert-OH is 1. The lowest BCUT2D eigenvalue weighted by Gasteiger charge is -2.14. The highest BCUT2D eigenvalue weighted by atomic mass is 16.5. The third-order valence-electron chi connectivity index (χ3n) is 3.37. The molecule has 0 amide bonds. The van der Waals surface area contributed by atoms with E-state index in [4.69, 9.17) is 4.74 Å². The molecule has 1 heterocycles. The second-order valence-corrected chi connectivity index (χ2v) is 5.73. The molecule has 0 aliphatic heterocycles. The van der Waals surface area contributed by atoms with Gasteiger partial charge >= 0.3 is 0 Å². The van der Waals surface area contributed by atoms with Crippen LogP contribution in [0.15, 0.2) is 18.2 Å². The van der Waals surface area contributed by atoms with E-state index in [2.05, 4.69) is 24.2 Å². The van der Waals surface area contributed by atoms with Crippen LogP contribution in [0.2, 0.25) is 0 Å². The number of benzene rings is 1. The van der Waals surface area contributed by atoms with Gasteiger partial charge < -0.3 is 9.84 Å². The summed E-state index contributed by atoms with van der Waals surface area (Å²) in [6.45, 7) is 9.30. The lowest BCUT2D eigenvalue weighted by molar-refractivity contribution is 0.259. The first kappa shape index (κ1) is 15.5. The fourth-order valence-electron chi connectivity index (χ4n) is 2.31. The monoisotopic (exact) mass is 289 g/mol. The maximum atomic E-state index is 9.40. The highest BCUT2D eigenvalue weighted by Gasteiger charge is 2.15. The second kappa shape index (κ2) is 6.72. The number of aryl methyl sites for hydroxylation is 2. The molecule has 0 aliphatic carbocycles. The van der Waals surface area contributed by atoms with Gasteiger partial charge in [-0.1, -0.05) is 37.3 Å². The van der Waals surface area contributed by atoms with Crippen molar-refractivity contribution in [1.82, 2.24) is 15.0 Å². The van der Waals surface area contributed by atoms with Gasteiger partial charge in [-0.05, 0) is 30.9 Å². The van der Waals surface area contributed by atoms with Gasteiger partial charge in [-0.15, -0.1) is 5.10 Å². The van der Waals surface area contributed by atoms with Gasteiger partial charge in [0.2, 0.25) is 0 Å². The number of aromatic nitrogens is 3. The normalized spacial score (nSPS) is 11.1. The van der Waals surface area contributed by atoms with Crippen LogP contribution in [-0.4, -0.2) is 20.1 Å². The Balaban J connectivity index is 2.21. The standard InChI is InChI=1S/C16H23N3O2/c1-11(2)8-19-15(14(9-20)17-18-19)10-21-16-12(3)6-5-7-13(16)4/h5-7,11,20H,8-10H2,1-4H3. The molecular formula is C16H23N3O2. The lowest BCUT2D eigenvalue weighted by Crippen LogP contribution is -2.13. The van der Waals surface area contributed by atoms with Gasteiger partial charge in [0.15, 0.2) is 0 Å². The number of nitrogens with zero attached hydrogens (tertiary/aromatic N) is 3. The van der Waals surface area contributed by atoms with E-state index in [1.54, 1.807) is 0 Å². The van der Waals surface area contributed by atoms with E-state index >= 15 is 0 Å². The van der Waals surface area contributed by atoms with Crippen LogP contribution < -0.4 is 4.74 Å². The minimum Gasteiger partial charge on any atom is -0.487 e. The van der Waals surface area contributed by atoms with E-state index in [9.17, 15) is 5.11 Å². The van der Waals surface area contributed by atoms with Crippen LogP contribution in [-0.2, 0) is 19.8 Å². The van der Waals surface area contributed by atoms with Gasteiger partial charge in [-0.3, -0.25) is 0 Å². The van der Waals surface area contributed by atoms with Crippen molar-refractivity contribution in [3.63, 3.8) is 0 Å². The van der Waals surface area contributed by atoms with Crippen molar-refractivity contribution in [2.75, 3.05) is 0 Å². The van der Waals surface area contributed by atoms with Crippen LogP contribution in [0.5, 0.6) is 5.75 Å². The maximum absolute atomic E-state index is 9.40. The molecule has 1 N–H and O–H groups in total. The fraction of sp³-hybridized carbons (Fsp3) is 0.500. The summed E-state index contributed by atoms with van der Waals surface area (Å²) >= 11 is 0. The van der Waals surface area contributed by atoms with Crippen LogP contribution >= 0.6 is 0 Å². The Kier molecular flexibility index (Phi) is 4.96. The summed E-state index contributed by atoms with van der Waals surface area (Å²) in [7, 11) is 0. The molecule has 2 rings (SSSR count). The molecule has 114 valence electrons. The van der Waals surface area contributed by atoms with E-state index in [1.165, 1.54) is 0 Å². The number of hydrogen-bond acceptors (Lipinski definition) is 4. The molecule has 0 aliphatic rings. The minimum atomic E-state index is -0.121. The van der Waals surface area contributed by atoms with Crippen LogP contribution in [0, 0.1) is 19.8 Å². The van der Waals surface area contributed by atoms with E-state index in [1.807, 2.05) is 36.7 Å². The minimum absolute atomic E-state index is 0.121. The molecule has 2 aromatic rings. The Morgan fingerprint density at radius 2 is 1.90 bits per heavy atom. The van der Waals surface area contributed by atoms with Crippen molar-refractivity contribution >= 4 is 0 Å². The van der Waals surface area contributed by atoms with Gasteiger partial charge in [-0.25, -0.2) is 4.68 Å². The van der Waals surface area contributed by atoms with Crippen molar-refractivity contribution in [3.8, 4) is 5.75 Å². The number of rotatable bonds is 6. The van der Waals surface area contributed by atoms with Crippen molar-refractivity contribution in [2.45, 2.75) is 47.5 Å². The summed E-state index contributed by atoms with van der Waals surface area (Å²) in [5.74, 6) is 1.34. The van der Waals surface area contributed by atoms with E-state index < -0.39 is 0 Å². The molecule has 0 spiro atoms. The summed E-state index contributed by atoms with van der Waals surface area (Å²) in [5, 5.41) is 17.5. The number of hydrogen-bond donors (Lipinski definition) is 1. The van der Waals surface area contributed by atoms with Crippen LogP contribution in [0.3, 0.4) is 0 Å². The molecule has 5 heteroatoms. The first-order chi connectivity index (χ1) is 10.0. The van der Waals surface area contributed by atoms with Gasteiger partial charge in [0.1, 0.15) is 23.7 Å². The maximum Gasteiger partial charge on any atom is 0.132 e. The molecule has 0 saturated carbocycles. The van der Waals surface area contributed by atoms with Gasteiger partial charge in [0.25, 0.3) is 0 Å². The Morgan fingerprint density at radius 1 is 1.24 bits per heavy atom. The van der Waals surface area contributed by atoms with E-state index in [0.29, 0.717) is 18.2 Å². The van der Waals surface area contributed by atoms with Gasteiger partial charge in [0, 0.05) is 6.54 Å². The zero-order chi connectivity index (χ0) is 15.4. The van der Waals surface area contributed by atoms with Gasteiger partial charge in [-0.2, -0.15) is 0 Å². The highest BCUT2D eigenvalue weighted by Crippen LogP contribution is 2.24.